The molecule has 0 spiro atoms. The van der Waals surface area contributed by atoms with Gasteiger partial charge in [-0.15, -0.1) is 0 Å². The molecule has 0 amide bonds. The van der Waals surface area contributed by atoms with E-state index in [9.17, 15) is 0 Å². The molecule has 2 heteroatoms. The highest BCUT2D eigenvalue weighted by atomic mass is 16.6. The van der Waals surface area contributed by atoms with Crippen molar-refractivity contribution >= 4 is 0 Å². The number of rotatable bonds is 3. The van der Waals surface area contributed by atoms with Crippen molar-refractivity contribution in [1.29, 1.82) is 0 Å². The van der Waals surface area contributed by atoms with Crippen molar-refractivity contribution in [3.8, 4) is 0 Å². The number of hydrogen-bond donors (Lipinski definition) is 0. The van der Waals surface area contributed by atoms with E-state index in [0.29, 0.717) is 12.2 Å². The first-order chi connectivity index (χ1) is 4.84. The van der Waals surface area contributed by atoms with Gasteiger partial charge in [0.2, 0.25) is 0 Å². The molecule has 1 heterocycles. The molecule has 0 N–H and O–H groups in total. The van der Waals surface area contributed by atoms with Gasteiger partial charge >= 0.3 is 0 Å². The van der Waals surface area contributed by atoms with Gasteiger partial charge in [-0.3, -0.25) is 0 Å². The zero-order valence-corrected chi connectivity index (χ0v) is 6.17. The van der Waals surface area contributed by atoms with Crippen LogP contribution in [0.25, 0.3) is 0 Å². The predicted octanol–water partition coefficient (Wildman–Crippen LogP) is 1.12. The SMILES string of the molecule is CC1=CC(OCC2CO2)C1. The quantitative estimate of drug-likeness (QED) is 0.433. The maximum absolute atomic E-state index is 5.47. The van der Waals surface area contributed by atoms with E-state index in [2.05, 4.69) is 13.0 Å². The second kappa shape index (κ2) is 2.36. The summed E-state index contributed by atoms with van der Waals surface area (Å²) in [5, 5.41) is 0. The lowest BCUT2D eigenvalue weighted by Gasteiger charge is -2.22. The van der Waals surface area contributed by atoms with Crippen LogP contribution in [0, 0.1) is 0 Å². The Morgan fingerprint density at radius 1 is 1.80 bits per heavy atom. The highest BCUT2D eigenvalue weighted by Gasteiger charge is 2.25. The van der Waals surface area contributed by atoms with Crippen molar-refractivity contribution in [2.45, 2.75) is 25.6 Å². The summed E-state index contributed by atoms with van der Waals surface area (Å²) < 4.78 is 10.5. The van der Waals surface area contributed by atoms with E-state index in [1.54, 1.807) is 0 Å². The summed E-state index contributed by atoms with van der Waals surface area (Å²) >= 11 is 0. The zero-order chi connectivity index (χ0) is 6.97. The van der Waals surface area contributed by atoms with E-state index in [4.69, 9.17) is 9.47 Å². The van der Waals surface area contributed by atoms with E-state index < -0.39 is 0 Å². The van der Waals surface area contributed by atoms with Crippen LogP contribution in [0.5, 0.6) is 0 Å². The normalized spacial score (nSPS) is 36.7. The molecule has 0 aromatic rings. The number of hydrogen-bond acceptors (Lipinski definition) is 2. The van der Waals surface area contributed by atoms with Gasteiger partial charge in [-0.25, -0.2) is 0 Å². The van der Waals surface area contributed by atoms with Gasteiger partial charge in [0, 0.05) is 0 Å². The van der Waals surface area contributed by atoms with Gasteiger partial charge in [-0.05, 0) is 13.3 Å². The molecule has 1 aliphatic carbocycles. The van der Waals surface area contributed by atoms with Crippen LogP contribution >= 0.6 is 0 Å². The molecule has 2 rings (SSSR count). The standard InChI is InChI=1S/C8H12O2/c1-6-2-7(3-6)9-4-8-5-10-8/h2,7-8H,3-5H2,1H3. The van der Waals surface area contributed by atoms with Crippen molar-refractivity contribution in [3.05, 3.63) is 11.6 Å². The van der Waals surface area contributed by atoms with Crippen molar-refractivity contribution in [2.75, 3.05) is 13.2 Å². The maximum atomic E-state index is 5.47. The third-order valence-corrected chi connectivity index (χ3v) is 1.89. The third-order valence-electron chi connectivity index (χ3n) is 1.89. The smallest absolute Gasteiger partial charge is 0.104 e. The third kappa shape index (κ3) is 1.39. The second-order valence-electron chi connectivity index (χ2n) is 3.04. The molecule has 2 nitrogen and oxygen atoms in total. The molecule has 56 valence electrons. The van der Waals surface area contributed by atoms with Crippen LogP contribution in [0.2, 0.25) is 0 Å². The minimum Gasteiger partial charge on any atom is -0.371 e. The molecular formula is C8H12O2. The minimum absolute atomic E-state index is 0.393. The first-order valence-electron chi connectivity index (χ1n) is 3.75. The number of ether oxygens (including phenoxy) is 2. The molecule has 0 saturated carbocycles. The maximum Gasteiger partial charge on any atom is 0.104 e. The molecular weight excluding hydrogens is 128 g/mol. The first-order valence-corrected chi connectivity index (χ1v) is 3.75. The summed E-state index contributed by atoms with van der Waals surface area (Å²) in [5.41, 5.74) is 1.45. The Morgan fingerprint density at radius 3 is 3.00 bits per heavy atom. The average Bonchev–Trinajstić information content (AvgIpc) is 2.60. The van der Waals surface area contributed by atoms with Crippen LogP contribution in [-0.4, -0.2) is 25.4 Å². The van der Waals surface area contributed by atoms with Crippen LogP contribution in [-0.2, 0) is 9.47 Å². The van der Waals surface area contributed by atoms with Crippen LogP contribution in [0.3, 0.4) is 0 Å². The van der Waals surface area contributed by atoms with Crippen LogP contribution in [0.15, 0.2) is 11.6 Å². The van der Waals surface area contributed by atoms with Crippen molar-refractivity contribution in [2.24, 2.45) is 0 Å². The molecule has 0 aromatic heterocycles. The van der Waals surface area contributed by atoms with Crippen LogP contribution in [0.4, 0.5) is 0 Å². The molecule has 1 saturated heterocycles. The molecule has 0 radical (unpaired) electrons. The topological polar surface area (TPSA) is 21.8 Å². The van der Waals surface area contributed by atoms with Crippen molar-refractivity contribution in [3.63, 3.8) is 0 Å². The summed E-state index contributed by atoms with van der Waals surface area (Å²) in [7, 11) is 0. The lowest BCUT2D eigenvalue weighted by Crippen LogP contribution is -2.20. The summed E-state index contributed by atoms with van der Waals surface area (Å²) in [4.78, 5) is 0. The average molecular weight is 140 g/mol. The molecule has 2 atom stereocenters. The summed E-state index contributed by atoms with van der Waals surface area (Å²) in [6.07, 6.45) is 4.09. The molecule has 1 aliphatic heterocycles. The Hall–Kier alpha value is -0.340. The fourth-order valence-corrected chi connectivity index (χ4v) is 1.10. The molecule has 2 unspecified atom stereocenters. The molecule has 1 fully saturated rings. The lowest BCUT2D eigenvalue weighted by atomic mass is 9.97. The Morgan fingerprint density at radius 2 is 2.50 bits per heavy atom. The molecule has 10 heavy (non-hydrogen) atoms. The van der Waals surface area contributed by atoms with E-state index in [1.165, 1.54) is 5.57 Å². The fraction of sp³-hybridized carbons (Fsp3) is 0.750. The van der Waals surface area contributed by atoms with Gasteiger partial charge in [0.25, 0.3) is 0 Å². The largest absolute Gasteiger partial charge is 0.371 e. The van der Waals surface area contributed by atoms with Crippen molar-refractivity contribution < 1.29 is 9.47 Å². The van der Waals surface area contributed by atoms with Gasteiger partial charge in [-0.2, -0.15) is 0 Å². The Bertz CT molecular complexity index is 159. The minimum atomic E-state index is 0.393. The van der Waals surface area contributed by atoms with E-state index in [1.807, 2.05) is 0 Å². The van der Waals surface area contributed by atoms with E-state index in [-0.39, 0.29) is 0 Å². The van der Waals surface area contributed by atoms with E-state index >= 15 is 0 Å². The zero-order valence-electron chi connectivity index (χ0n) is 6.17. The second-order valence-corrected chi connectivity index (χ2v) is 3.04. The Labute approximate surface area is 60.8 Å². The highest BCUT2D eigenvalue weighted by molar-refractivity contribution is 5.15. The molecule has 0 bridgehead atoms. The Kier molecular flexibility index (Phi) is 1.51. The highest BCUT2D eigenvalue weighted by Crippen LogP contribution is 2.22. The van der Waals surface area contributed by atoms with Crippen LogP contribution in [0.1, 0.15) is 13.3 Å². The van der Waals surface area contributed by atoms with Gasteiger partial charge in [0.05, 0.1) is 19.3 Å². The summed E-state index contributed by atoms with van der Waals surface area (Å²) in [6.45, 7) is 3.82. The fourth-order valence-electron chi connectivity index (χ4n) is 1.10. The van der Waals surface area contributed by atoms with Gasteiger partial charge in [-0.1, -0.05) is 11.6 Å². The molecule has 2 aliphatic rings. The molecule has 0 aromatic carbocycles. The first kappa shape index (κ1) is 6.38. The van der Waals surface area contributed by atoms with E-state index in [0.717, 1.165) is 19.6 Å². The van der Waals surface area contributed by atoms with Gasteiger partial charge < -0.3 is 9.47 Å². The monoisotopic (exact) mass is 140 g/mol. The van der Waals surface area contributed by atoms with Crippen molar-refractivity contribution in [1.82, 2.24) is 0 Å². The summed E-state index contributed by atoms with van der Waals surface area (Å²) in [5.74, 6) is 0. The lowest BCUT2D eigenvalue weighted by molar-refractivity contribution is 0.0609. The van der Waals surface area contributed by atoms with Gasteiger partial charge in [0.15, 0.2) is 0 Å². The summed E-state index contributed by atoms with van der Waals surface area (Å²) in [6, 6.07) is 0. The van der Waals surface area contributed by atoms with Gasteiger partial charge in [0.1, 0.15) is 6.10 Å². The predicted molar refractivity (Wildman–Crippen MR) is 37.9 cm³/mol. The Balaban J connectivity index is 1.63. The van der Waals surface area contributed by atoms with Crippen LogP contribution < -0.4 is 0 Å². The number of epoxide rings is 1.